The first-order valence-corrected chi connectivity index (χ1v) is 22.3. The zero-order valence-electron chi connectivity index (χ0n) is 36.6. The SMILES string of the molecule is N#Cc1cccc(-c2ccc(-c3cccc(-c4nc(-c5ccccc5)nc(-c5ccccc5)n4)c3)c(-c3ccccc3-c3cccc(-c4nc(-c5ccccc5)nc(-c5ccccc5)n4)c3)c2)c1. The fraction of sp³-hybridized carbons (Fsp3) is 0. The zero-order valence-corrected chi connectivity index (χ0v) is 36.6. The Hall–Kier alpha value is -9.51. The first-order valence-electron chi connectivity index (χ1n) is 22.3. The molecule has 2 heterocycles. The van der Waals surface area contributed by atoms with Gasteiger partial charge in [0.1, 0.15) is 0 Å². The first-order chi connectivity index (χ1) is 33.6. The summed E-state index contributed by atoms with van der Waals surface area (Å²) < 4.78 is 0. The molecule has 0 unspecified atom stereocenters. The van der Waals surface area contributed by atoms with Gasteiger partial charge < -0.3 is 0 Å². The third-order valence-corrected chi connectivity index (χ3v) is 11.8. The van der Waals surface area contributed by atoms with E-state index in [1.54, 1.807) is 0 Å². The van der Waals surface area contributed by atoms with E-state index in [2.05, 4.69) is 97.1 Å². The highest BCUT2D eigenvalue weighted by Crippen LogP contribution is 2.42. The van der Waals surface area contributed by atoms with Gasteiger partial charge in [0.05, 0.1) is 11.6 Å². The average molecular weight is 870 g/mol. The maximum Gasteiger partial charge on any atom is 0.164 e. The summed E-state index contributed by atoms with van der Waals surface area (Å²) in [5.74, 6) is 3.57. The number of aromatic nitrogens is 6. The molecule has 0 aliphatic heterocycles. The molecule has 0 spiro atoms. The number of benzene rings is 9. The van der Waals surface area contributed by atoms with Gasteiger partial charge in [-0.1, -0.05) is 206 Å². The van der Waals surface area contributed by atoms with Crippen LogP contribution in [0.2, 0.25) is 0 Å². The molecule has 11 aromatic rings. The van der Waals surface area contributed by atoms with Crippen molar-refractivity contribution >= 4 is 0 Å². The lowest BCUT2D eigenvalue weighted by Gasteiger charge is -2.18. The minimum atomic E-state index is 0.576. The molecule has 68 heavy (non-hydrogen) atoms. The van der Waals surface area contributed by atoms with Crippen molar-refractivity contribution in [3.63, 3.8) is 0 Å². The quantitative estimate of drug-likeness (QED) is 0.135. The zero-order chi connectivity index (χ0) is 45.7. The van der Waals surface area contributed by atoms with E-state index in [4.69, 9.17) is 29.9 Å². The standard InChI is InChI=1S/C61H39N7/c62-40-41-18-15-27-46(36-41)47-34-35-53(49-29-17-31-51(38-49)61-67-58(44-23-9-3-10-24-44)64-59(68-61)45-25-11-4-12-26-45)55(39-47)54-33-14-13-32-52(54)48-28-16-30-50(37-48)60-65-56(42-19-5-1-6-20-42)63-57(66-60)43-21-7-2-8-22-43/h1-39H. The minimum Gasteiger partial charge on any atom is -0.208 e. The van der Waals surface area contributed by atoms with E-state index >= 15 is 0 Å². The molecule has 2 aromatic heterocycles. The van der Waals surface area contributed by atoms with Gasteiger partial charge in [0.25, 0.3) is 0 Å². The minimum absolute atomic E-state index is 0.576. The summed E-state index contributed by atoms with van der Waals surface area (Å²) >= 11 is 0. The normalized spacial score (nSPS) is 10.9. The van der Waals surface area contributed by atoms with E-state index in [1.807, 2.05) is 146 Å². The van der Waals surface area contributed by atoms with Crippen LogP contribution in [0.3, 0.4) is 0 Å². The van der Waals surface area contributed by atoms with Crippen LogP contribution in [-0.2, 0) is 0 Å². The molecule has 7 heteroatoms. The molecule has 318 valence electrons. The molecule has 9 aromatic carbocycles. The predicted octanol–water partition coefficient (Wildman–Crippen LogP) is 14.6. The van der Waals surface area contributed by atoms with E-state index in [0.29, 0.717) is 40.5 Å². The summed E-state index contributed by atoms with van der Waals surface area (Å²) in [5, 5.41) is 9.86. The summed E-state index contributed by atoms with van der Waals surface area (Å²) in [6.45, 7) is 0. The molecule has 0 aliphatic rings. The van der Waals surface area contributed by atoms with Crippen LogP contribution in [0.4, 0.5) is 0 Å². The van der Waals surface area contributed by atoms with Crippen molar-refractivity contribution in [2.45, 2.75) is 0 Å². The topological polar surface area (TPSA) is 101 Å². The highest BCUT2D eigenvalue weighted by Gasteiger charge is 2.19. The van der Waals surface area contributed by atoms with Crippen molar-refractivity contribution in [1.82, 2.24) is 29.9 Å². The Morgan fingerprint density at radius 3 is 0.985 bits per heavy atom. The van der Waals surface area contributed by atoms with Gasteiger partial charge in [-0.3, -0.25) is 0 Å². The highest BCUT2D eigenvalue weighted by molar-refractivity contribution is 5.95. The fourth-order valence-corrected chi connectivity index (χ4v) is 8.46. The molecule has 0 saturated heterocycles. The lowest BCUT2D eigenvalue weighted by molar-refractivity contribution is 1.07. The van der Waals surface area contributed by atoms with E-state index < -0.39 is 0 Å². The third-order valence-electron chi connectivity index (χ3n) is 11.8. The van der Waals surface area contributed by atoms with Gasteiger partial charge >= 0.3 is 0 Å². The monoisotopic (exact) mass is 869 g/mol. The molecule has 7 nitrogen and oxygen atoms in total. The van der Waals surface area contributed by atoms with Gasteiger partial charge in [-0.25, -0.2) is 29.9 Å². The molecule has 0 saturated carbocycles. The molecule has 0 aliphatic carbocycles. The van der Waals surface area contributed by atoms with E-state index in [9.17, 15) is 5.26 Å². The molecule has 0 N–H and O–H groups in total. The second kappa shape index (κ2) is 18.5. The Morgan fingerprint density at radius 2 is 0.544 bits per heavy atom. The van der Waals surface area contributed by atoms with Crippen LogP contribution in [0.5, 0.6) is 0 Å². The third kappa shape index (κ3) is 8.57. The Labute approximate surface area is 394 Å². The summed E-state index contributed by atoms with van der Waals surface area (Å²) in [5.41, 5.74) is 14.0. The van der Waals surface area contributed by atoms with Gasteiger partial charge in [0, 0.05) is 33.4 Å². The van der Waals surface area contributed by atoms with Crippen LogP contribution in [0, 0.1) is 11.3 Å². The number of nitrogens with zero attached hydrogens (tertiary/aromatic N) is 7. The molecule has 0 amide bonds. The number of rotatable bonds is 10. The predicted molar refractivity (Wildman–Crippen MR) is 272 cm³/mol. The van der Waals surface area contributed by atoms with Crippen molar-refractivity contribution < 1.29 is 0 Å². The van der Waals surface area contributed by atoms with Crippen molar-refractivity contribution in [2.75, 3.05) is 0 Å². The van der Waals surface area contributed by atoms with Crippen LogP contribution >= 0.6 is 0 Å². The van der Waals surface area contributed by atoms with E-state index in [0.717, 1.165) is 77.9 Å². The summed E-state index contributed by atoms with van der Waals surface area (Å²) in [6.07, 6.45) is 0. The van der Waals surface area contributed by atoms with Crippen molar-refractivity contribution in [3.8, 4) is 119 Å². The van der Waals surface area contributed by atoms with Crippen LogP contribution in [0.15, 0.2) is 237 Å². The fourth-order valence-electron chi connectivity index (χ4n) is 8.46. The lowest BCUT2D eigenvalue weighted by Crippen LogP contribution is -2.00. The summed E-state index contributed by atoms with van der Waals surface area (Å²) in [6, 6.07) is 82.0. The van der Waals surface area contributed by atoms with Gasteiger partial charge in [0.15, 0.2) is 34.9 Å². The second-order valence-corrected chi connectivity index (χ2v) is 16.2. The Balaban J connectivity index is 1.06. The molecule has 0 radical (unpaired) electrons. The largest absolute Gasteiger partial charge is 0.208 e. The van der Waals surface area contributed by atoms with Gasteiger partial charge in [-0.2, -0.15) is 5.26 Å². The van der Waals surface area contributed by atoms with Gasteiger partial charge in [-0.15, -0.1) is 0 Å². The average Bonchev–Trinajstić information content (AvgIpc) is 3.43. The summed E-state index contributed by atoms with van der Waals surface area (Å²) in [4.78, 5) is 30.1. The van der Waals surface area contributed by atoms with Crippen molar-refractivity contribution in [1.29, 1.82) is 5.26 Å². The molecular formula is C61H39N7. The van der Waals surface area contributed by atoms with Crippen LogP contribution in [-0.4, -0.2) is 29.9 Å². The molecule has 0 fully saturated rings. The van der Waals surface area contributed by atoms with Crippen LogP contribution in [0.1, 0.15) is 5.56 Å². The maximum absolute atomic E-state index is 9.86. The lowest BCUT2D eigenvalue weighted by atomic mass is 9.86. The summed E-state index contributed by atoms with van der Waals surface area (Å²) in [7, 11) is 0. The molecule has 0 atom stereocenters. The Kier molecular flexibility index (Phi) is 11.2. The second-order valence-electron chi connectivity index (χ2n) is 16.2. The van der Waals surface area contributed by atoms with E-state index in [1.165, 1.54) is 0 Å². The number of nitriles is 1. The smallest absolute Gasteiger partial charge is 0.164 e. The Morgan fingerprint density at radius 1 is 0.221 bits per heavy atom. The molecule has 11 rings (SSSR count). The molecular weight excluding hydrogens is 831 g/mol. The van der Waals surface area contributed by atoms with E-state index in [-0.39, 0.29) is 0 Å². The number of hydrogen-bond donors (Lipinski definition) is 0. The van der Waals surface area contributed by atoms with Gasteiger partial charge in [-0.05, 0) is 74.8 Å². The van der Waals surface area contributed by atoms with Crippen molar-refractivity contribution in [2.24, 2.45) is 0 Å². The molecule has 0 bridgehead atoms. The maximum atomic E-state index is 9.86. The Bertz CT molecular complexity index is 3510. The number of hydrogen-bond acceptors (Lipinski definition) is 7. The van der Waals surface area contributed by atoms with Crippen molar-refractivity contribution in [3.05, 3.63) is 242 Å². The van der Waals surface area contributed by atoms with Crippen LogP contribution in [0.25, 0.3) is 113 Å². The first kappa shape index (κ1) is 41.2. The van der Waals surface area contributed by atoms with Crippen LogP contribution < -0.4 is 0 Å². The van der Waals surface area contributed by atoms with Gasteiger partial charge in [0.2, 0.25) is 0 Å². The highest BCUT2D eigenvalue weighted by atomic mass is 15.0.